The summed E-state index contributed by atoms with van der Waals surface area (Å²) in [5.41, 5.74) is -0.170. The van der Waals surface area contributed by atoms with Crippen molar-refractivity contribution in [1.82, 2.24) is 8.96 Å². The number of rotatable bonds is 9. The van der Waals surface area contributed by atoms with Crippen LogP contribution in [0.5, 0.6) is 17.4 Å². The Morgan fingerprint density at radius 3 is 2.39 bits per heavy atom. The number of benzene rings is 2. The smallest absolute Gasteiger partial charge is 0.417 e. The van der Waals surface area contributed by atoms with Crippen molar-refractivity contribution >= 4 is 38.5 Å². The standard InChI is InChI=1S/C25H20ClF3N2O6S/c1-2-36-18-6-9-22-20(12-18)15(3-10-23(32)33)14-31(22)38(34,35)19-7-4-17(5-8-19)37-24-21(26)11-16(13-30-24)25(27,28)29/h4-9,11-14H,2-3,10H2,1H3,(H,32,33). The fraction of sp³-hybridized carbons (Fsp3) is 0.200. The molecule has 2 aromatic heterocycles. The highest BCUT2D eigenvalue weighted by Gasteiger charge is 2.32. The van der Waals surface area contributed by atoms with Crippen molar-refractivity contribution < 1.29 is 41.0 Å². The molecule has 2 heterocycles. The first kappa shape index (κ1) is 27.3. The molecule has 0 bridgehead atoms. The summed E-state index contributed by atoms with van der Waals surface area (Å²) in [7, 11) is -4.12. The summed E-state index contributed by atoms with van der Waals surface area (Å²) in [5, 5.41) is 9.28. The van der Waals surface area contributed by atoms with E-state index in [0.717, 1.165) is 3.97 Å². The minimum absolute atomic E-state index is 0.0963. The number of ether oxygens (including phenoxy) is 2. The lowest BCUT2D eigenvalue weighted by molar-refractivity contribution is -0.138. The molecule has 38 heavy (non-hydrogen) atoms. The molecule has 4 rings (SSSR count). The van der Waals surface area contributed by atoms with E-state index in [1.54, 1.807) is 25.1 Å². The number of carbonyl (C=O) groups is 1. The zero-order valence-electron chi connectivity index (χ0n) is 19.7. The van der Waals surface area contributed by atoms with Crippen LogP contribution < -0.4 is 9.47 Å². The highest BCUT2D eigenvalue weighted by atomic mass is 35.5. The van der Waals surface area contributed by atoms with Gasteiger partial charge in [-0.1, -0.05) is 11.6 Å². The molecular weight excluding hydrogens is 549 g/mol. The SMILES string of the molecule is CCOc1ccc2c(c1)c(CCC(=O)O)cn2S(=O)(=O)c1ccc(Oc2ncc(C(F)(F)F)cc2Cl)cc1. The largest absolute Gasteiger partial charge is 0.494 e. The molecule has 0 saturated carbocycles. The molecule has 0 aliphatic rings. The normalized spacial score (nSPS) is 12.0. The zero-order valence-corrected chi connectivity index (χ0v) is 21.3. The number of fused-ring (bicyclic) bond motifs is 1. The lowest BCUT2D eigenvalue weighted by Crippen LogP contribution is -2.12. The Hall–Kier alpha value is -3.77. The van der Waals surface area contributed by atoms with Gasteiger partial charge in [-0.05, 0) is 67.4 Å². The van der Waals surface area contributed by atoms with Crippen molar-refractivity contribution in [2.45, 2.75) is 30.8 Å². The van der Waals surface area contributed by atoms with Crippen molar-refractivity contribution in [2.75, 3.05) is 6.61 Å². The Labute approximate surface area is 220 Å². The molecule has 0 fully saturated rings. The highest BCUT2D eigenvalue weighted by molar-refractivity contribution is 7.90. The predicted octanol–water partition coefficient (Wildman–Crippen LogP) is 6.15. The predicted molar refractivity (Wildman–Crippen MR) is 132 cm³/mol. The molecular formula is C25H20ClF3N2O6S. The van der Waals surface area contributed by atoms with Crippen molar-refractivity contribution in [2.24, 2.45) is 0 Å². The highest BCUT2D eigenvalue weighted by Crippen LogP contribution is 2.35. The van der Waals surface area contributed by atoms with Gasteiger partial charge in [0.25, 0.3) is 10.0 Å². The van der Waals surface area contributed by atoms with Crippen molar-refractivity contribution in [3.63, 3.8) is 0 Å². The maximum atomic E-state index is 13.5. The molecule has 200 valence electrons. The van der Waals surface area contributed by atoms with Crippen LogP contribution in [0.15, 0.2) is 65.8 Å². The number of carboxylic acids is 1. The fourth-order valence-electron chi connectivity index (χ4n) is 3.70. The second-order valence-corrected chi connectivity index (χ2v) is 10.3. The zero-order chi connectivity index (χ0) is 27.7. The number of hydrogen-bond acceptors (Lipinski definition) is 6. The molecule has 1 N–H and O–H groups in total. The van der Waals surface area contributed by atoms with E-state index in [-0.39, 0.29) is 34.4 Å². The molecule has 0 aliphatic carbocycles. The minimum atomic E-state index is -4.62. The van der Waals surface area contributed by atoms with E-state index in [2.05, 4.69) is 4.98 Å². The Kier molecular flexibility index (Phi) is 7.56. The number of hydrogen-bond donors (Lipinski definition) is 1. The van der Waals surface area contributed by atoms with Crippen LogP contribution in [0, 0.1) is 0 Å². The summed E-state index contributed by atoms with van der Waals surface area (Å²) in [4.78, 5) is 14.6. The van der Waals surface area contributed by atoms with Crippen LogP contribution in [0.4, 0.5) is 13.2 Å². The number of aryl methyl sites for hydroxylation is 1. The molecule has 0 unspecified atom stereocenters. The Balaban J connectivity index is 1.65. The quantitative estimate of drug-likeness (QED) is 0.258. The average molecular weight is 569 g/mol. The van der Waals surface area contributed by atoms with Crippen molar-refractivity contribution in [1.29, 1.82) is 0 Å². The first-order valence-corrected chi connectivity index (χ1v) is 13.0. The first-order valence-electron chi connectivity index (χ1n) is 11.1. The second-order valence-electron chi connectivity index (χ2n) is 8.04. The van der Waals surface area contributed by atoms with Crippen LogP contribution in [-0.2, 0) is 27.4 Å². The summed E-state index contributed by atoms with van der Waals surface area (Å²) >= 11 is 5.87. The molecule has 0 atom stereocenters. The Morgan fingerprint density at radius 1 is 1.11 bits per heavy atom. The number of nitrogens with zero attached hydrogens (tertiary/aromatic N) is 2. The summed E-state index contributed by atoms with van der Waals surface area (Å²) in [6.07, 6.45) is -2.74. The lowest BCUT2D eigenvalue weighted by Gasteiger charge is -2.11. The van der Waals surface area contributed by atoms with Crippen LogP contribution in [0.2, 0.25) is 5.02 Å². The molecule has 0 saturated heterocycles. The summed E-state index contributed by atoms with van der Waals surface area (Å²) in [6.45, 7) is 2.21. The molecule has 2 aromatic carbocycles. The third-order valence-electron chi connectivity index (χ3n) is 5.47. The van der Waals surface area contributed by atoms with Crippen molar-refractivity contribution in [3.8, 4) is 17.4 Å². The number of aliphatic carboxylic acids is 1. The van der Waals surface area contributed by atoms with Gasteiger partial charge in [-0.2, -0.15) is 13.2 Å². The minimum Gasteiger partial charge on any atom is -0.494 e. The van der Waals surface area contributed by atoms with Crippen LogP contribution in [0.3, 0.4) is 0 Å². The summed E-state index contributed by atoms with van der Waals surface area (Å²) in [5.74, 6) is -0.685. The van der Waals surface area contributed by atoms with Crippen LogP contribution in [0.25, 0.3) is 10.9 Å². The summed E-state index contributed by atoms with van der Waals surface area (Å²) < 4.78 is 77.5. The lowest BCUT2D eigenvalue weighted by atomic mass is 10.1. The number of carboxylic acid groups (broad SMARTS) is 1. The van der Waals surface area contributed by atoms with Gasteiger partial charge in [0.1, 0.15) is 16.5 Å². The van der Waals surface area contributed by atoms with Crippen LogP contribution in [0.1, 0.15) is 24.5 Å². The first-order chi connectivity index (χ1) is 17.9. The number of aromatic nitrogens is 2. The van der Waals surface area contributed by atoms with Gasteiger partial charge in [0.2, 0.25) is 5.88 Å². The van der Waals surface area contributed by atoms with Gasteiger partial charge < -0.3 is 14.6 Å². The van der Waals surface area contributed by atoms with Gasteiger partial charge in [-0.25, -0.2) is 17.4 Å². The molecule has 0 aliphatic heterocycles. The molecule has 4 aromatic rings. The van der Waals surface area contributed by atoms with Gasteiger partial charge >= 0.3 is 12.1 Å². The van der Waals surface area contributed by atoms with Gasteiger partial charge in [0, 0.05) is 24.2 Å². The van der Waals surface area contributed by atoms with E-state index < -0.39 is 27.7 Å². The molecule has 8 nitrogen and oxygen atoms in total. The van der Waals surface area contributed by atoms with Crippen LogP contribution >= 0.6 is 11.6 Å². The van der Waals surface area contributed by atoms with E-state index >= 15 is 0 Å². The average Bonchev–Trinajstić information content (AvgIpc) is 3.22. The number of halogens is 4. The third-order valence-corrected chi connectivity index (χ3v) is 7.43. The van der Waals surface area contributed by atoms with Crippen molar-refractivity contribution in [3.05, 3.63) is 77.1 Å². The Morgan fingerprint density at radius 2 is 1.79 bits per heavy atom. The summed E-state index contributed by atoms with van der Waals surface area (Å²) in [6, 6.07) is 10.7. The van der Waals surface area contributed by atoms with Gasteiger partial charge in [-0.3, -0.25) is 4.79 Å². The number of pyridine rings is 1. The third kappa shape index (κ3) is 5.70. The number of alkyl halides is 3. The Bertz CT molecular complexity index is 1600. The maximum absolute atomic E-state index is 13.5. The molecule has 0 spiro atoms. The maximum Gasteiger partial charge on any atom is 0.417 e. The van der Waals surface area contributed by atoms with E-state index in [1.807, 2.05) is 0 Å². The van der Waals surface area contributed by atoms with E-state index in [4.69, 9.17) is 26.2 Å². The molecule has 0 radical (unpaired) electrons. The molecule has 0 amide bonds. The monoisotopic (exact) mass is 568 g/mol. The van der Waals surface area contributed by atoms with Gasteiger partial charge in [-0.15, -0.1) is 0 Å². The fourth-order valence-corrected chi connectivity index (χ4v) is 5.30. The topological polar surface area (TPSA) is 108 Å². The van der Waals surface area contributed by atoms with Crippen LogP contribution in [-0.4, -0.2) is 35.1 Å². The van der Waals surface area contributed by atoms with Gasteiger partial charge in [0.15, 0.2) is 0 Å². The molecule has 13 heteroatoms. The van der Waals surface area contributed by atoms with E-state index in [0.29, 0.717) is 41.1 Å². The van der Waals surface area contributed by atoms with E-state index in [9.17, 15) is 26.4 Å². The van der Waals surface area contributed by atoms with Gasteiger partial charge in [0.05, 0.1) is 22.6 Å². The van der Waals surface area contributed by atoms with E-state index in [1.165, 1.54) is 30.5 Å². The second kappa shape index (κ2) is 10.5.